The third-order valence-corrected chi connectivity index (χ3v) is 1.97. The van der Waals surface area contributed by atoms with Crippen molar-refractivity contribution in [2.45, 2.75) is 32.5 Å². The summed E-state index contributed by atoms with van der Waals surface area (Å²) in [6.07, 6.45) is -3.35. The zero-order valence-corrected chi connectivity index (χ0v) is 8.99. The van der Waals surface area contributed by atoms with Crippen LogP contribution < -0.4 is 5.32 Å². The van der Waals surface area contributed by atoms with Crippen LogP contribution in [0, 0.1) is 0 Å². The van der Waals surface area contributed by atoms with Crippen LogP contribution in [0.1, 0.15) is 20.3 Å². The summed E-state index contributed by atoms with van der Waals surface area (Å²) < 4.78 is 36.4. The third kappa shape index (κ3) is 7.15. The van der Waals surface area contributed by atoms with Crippen LogP contribution in [0.2, 0.25) is 0 Å². The number of nitrogens with zero attached hydrogens (tertiary/aromatic N) is 1. The summed E-state index contributed by atoms with van der Waals surface area (Å²) in [5, 5.41) is 2.93. The molecule has 0 aromatic rings. The van der Waals surface area contributed by atoms with E-state index >= 15 is 0 Å². The van der Waals surface area contributed by atoms with Gasteiger partial charge in [-0.05, 0) is 26.9 Å². The van der Waals surface area contributed by atoms with Crippen LogP contribution in [0.3, 0.4) is 0 Å². The largest absolute Gasteiger partial charge is 0.401 e. The molecule has 0 aliphatic rings. The highest BCUT2D eigenvalue weighted by Crippen LogP contribution is 2.16. The molecule has 0 aromatic heterocycles. The zero-order chi connectivity index (χ0) is 11.2. The van der Waals surface area contributed by atoms with Gasteiger partial charge in [-0.1, -0.05) is 6.92 Å². The maximum absolute atomic E-state index is 12.1. The fourth-order valence-corrected chi connectivity index (χ4v) is 1.28. The second kappa shape index (κ2) is 6.24. The maximum Gasteiger partial charge on any atom is 0.401 e. The van der Waals surface area contributed by atoms with E-state index in [1.165, 1.54) is 4.90 Å². The van der Waals surface area contributed by atoms with E-state index in [9.17, 15) is 13.2 Å². The number of hydrogen-bond acceptors (Lipinski definition) is 2. The lowest BCUT2D eigenvalue weighted by atomic mass is 10.3. The topological polar surface area (TPSA) is 15.3 Å². The van der Waals surface area contributed by atoms with Crippen LogP contribution in [0.25, 0.3) is 0 Å². The molecule has 5 heteroatoms. The molecule has 0 spiro atoms. The summed E-state index contributed by atoms with van der Waals surface area (Å²) >= 11 is 0. The van der Waals surface area contributed by atoms with Crippen molar-refractivity contribution in [3.63, 3.8) is 0 Å². The first-order valence-corrected chi connectivity index (χ1v) is 4.85. The van der Waals surface area contributed by atoms with Gasteiger partial charge in [-0.3, -0.25) is 4.90 Å². The third-order valence-electron chi connectivity index (χ3n) is 1.97. The molecule has 0 aromatic carbocycles. The quantitative estimate of drug-likeness (QED) is 0.723. The van der Waals surface area contributed by atoms with Gasteiger partial charge in [-0.25, -0.2) is 0 Å². The van der Waals surface area contributed by atoms with Gasteiger partial charge in [-0.15, -0.1) is 0 Å². The highest BCUT2D eigenvalue weighted by atomic mass is 19.4. The molecule has 14 heavy (non-hydrogen) atoms. The van der Waals surface area contributed by atoms with Crippen LogP contribution in [0.15, 0.2) is 0 Å². The molecule has 0 rings (SSSR count). The van der Waals surface area contributed by atoms with Crippen LogP contribution in [-0.4, -0.2) is 43.8 Å². The van der Waals surface area contributed by atoms with E-state index in [-0.39, 0.29) is 6.04 Å². The minimum atomic E-state index is -4.09. The molecule has 0 amide bonds. The van der Waals surface area contributed by atoms with Gasteiger partial charge in [0.15, 0.2) is 0 Å². The van der Waals surface area contributed by atoms with Crippen molar-refractivity contribution in [1.29, 1.82) is 0 Å². The predicted molar refractivity (Wildman–Crippen MR) is 51.3 cm³/mol. The number of likely N-dealkylation sites (N-methyl/N-ethyl adjacent to an activating group) is 1. The van der Waals surface area contributed by atoms with Crippen molar-refractivity contribution in [2.75, 3.05) is 26.7 Å². The molecular weight excluding hydrogens is 193 g/mol. The van der Waals surface area contributed by atoms with Gasteiger partial charge in [0.05, 0.1) is 6.54 Å². The van der Waals surface area contributed by atoms with Crippen LogP contribution in [0.4, 0.5) is 13.2 Å². The molecule has 0 saturated heterocycles. The van der Waals surface area contributed by atoms with Crippen molar-refractivity contribution >= 4 is 0 Å². The Morgan fingerprint density at radius 1 is 1.36 bits per heavy atom. The smallest absolute Gasteiger partial charge is 0.316 e. The second-order valence-corrected chi connectivity index (χ2v) is 3.54. The normalized spacial score (nSPS) is 14.8. The molecule has 0 aliphatic carbocycles. The molecule has 1 atom stereocenters. The van der Waals surface area contributed by atoms with Crippen LogP contribution in [0.5, 0.6) is 0 Å². The lowest BCUT2D eigenvalue weighted by Gasteiger charge is -2.25. The molecule has 1 N–H and O–H groups in total. The van der Waals surface area contributed by atoms with Crippen LogP contribution in [-0.2, 0) is 0 Å². The van der Waals surface area contributed by atoms with Crippen molar-refractivity contribution < 1.29 is 13.2 Å². The highest BCUT2D eigenvalue weighted by Gasteiger charge is 2.30. The van der Waals surface area contributed by atoms with E-state index in [1.54, 1.807) is 7.05 Å². The first kappa shape index (κ1) is 13.7. The standard InChI is InChI=1S/C9H19F3N2/c1-4-5-14(6-8(2)13-3)7-9(10,11)12/h8,13H,4-7H2,1-3H3. The highest BCUT2D eigenvalue weighted by molar-refractivity contribution is 4.68. The average molecular weight is 212 g/mol. The molecule has 0 bridgehead atoms. The van der Waals surface area contributed by atoms with Crippen molar-refractivity contribution in [3.05, 3.63) is 0 Å². The number of nitrogens with one attached hydrogen (secondary N) is 1. The molecule has 0 saturated carbocycles. The number of alkyl halides is 3. The first-order valence-electron chi connectivity index (χ1n) is 4.85. The summed E-state index contributed by atoms with van der Waals surface area (Å²) in [6, 6.07) is 0.0869. The van der Waals surface area contributed by atoms with E-state index in [2.05, 4.69) is 5.32 Å². The Labute approximate surface area is 83.5 Å². The molecule has 0 heterocycles. The summed E-state index contributed by atoms with van der Waals surface area (Å²) in [5.74, 6) is 0. The van der Waals surface area contributed by atoms with E-state index < -0.39 is 12.7 Å². The minimum Gasteiger partial charge on any atom is -0.316 e. The lowest BCUT2D eigenvalue weighted by Crippen LogP contribution is -2.42. The Balaban J connectivity index is 4.01. The first-order chi connectivity index (χ1) is 6.39. The SMILES string of the molecule is CCCN(CC(C)NC)CC(F)(F)F. The molecule has 0 radical (unpaired) electrons. The van der Waals surface area contributed by atoms with E-state index in [1.807, 2.05) is 13.8 Å². The molecular formula is C9H19F3N2. The molecule has 1 unspecified atom stereocenters. The Kier molecular flexibility index (Phi) is 6.11. The lowest BCUT2D eigenvalue weighted by molar-refractivity contribution is -0.146. The summed E-state index contributed by atoms with van der Waals surface area (Å²) in [6.45, 7) is 3.87. The summed E-state index contributed by atoms with van der Waals surface area (Å²) in [5.41, 5.74) is 0. The van der Waals surface area contributed by atoms with Gasteiger partial charge in [0.2, 0.25) is 0 Å². The van der Waals surface area contributed by atoms with E-state index in [0.29, 0.717) is 13.1 Å². The molecule has 86 valence electrons. The van der Waals surface area contributed by atoms with Gasteiger partial charge in [0.1, 0.15) is 0 Å². The van der Waals surface area contributed by atoms with Gasteiger partial charge in [0.25, 0.3) is 0 Å². The number of hydrogen-bond donors (Lipinski definition) is 1. The van der Waals surface area contributed by atoms with Crippen molar-refractivity contribution in [3.8, 4) is 0 Å². The second-order valence-electron chi connectivity index (χ2n) is 3.54. The summed E-state index contributed by atoms with van der Waals surface area (Å²) in [4.78, 5) is 1.43. The van der Waals surface area contributed by atoms with Gasteiger partial charge < -0.3 is 5.32 Å². The Morgan fingerprint density at radius 3 is 2.29 bits per heavy atom. The van der Waals surface area contributed by atoms with Crippen molar-refractivity contribution in [1.82, 2.24) is 10.2 Å². The zero-order valence-electron chi connectivity index (χ0n) is 8.99. The van der Waals surface area contributed by atoms with Gasteiger partial charge in [-0.2, -0.15) is 13.2 Å². The monoisotopic (exact) mass is 212 g/mol. The number of halogens is 3. The van der Waals surface area contributed by atoms with Crippen molar-refractivity contribution in [2.24, 2.45) is 0 Å². The Morgan fingerprint density at radius 2 is 1.93 bits per heavy atom. The fraction of sp³-hybridized carbons (Fsp3) is 1.00. The Hall–Kier alpha value is -0.290. The summed E-state index contributed by atoms with van der Waals surface area (Å²) in [7, 11) is 1.75. The van der Waals surface area contributed by atoms with Gasteiger partial charge >= 0.3 is 6.18 Å². The van der Waals surface area contributed by atoms with E-state index in [4.69, 9.17) is 0 Å². The minimum absolute atomic E-state index is 0.0869. The Bertz CT molecular complexity index is 147. The maximum atomic E-state index is 12.1. The predicted octanol–water partition coefficient (Wildman–Crippen LogP) is 1.87. The van der Waals surface area contributed by atoms with Crippen LogP contribution >= 0.6 is 0 Å². The molecule has 0 aliphatic heterocycles. The fourth-order valence-electron chi connectivity index (χ4n) is 1.28. The number of rotatable bonds is 6. The van der Waals surface area contributed by atoms with Gasteiger partial charge in [0, 0.05) is 12.6 Å². The molecule has 0 fully saturated rings. The average Bonchev–Trinajstić information content (AvgIpc) is 2.01. The van der Waals surface area contributed by atoms with E-state index in [0.717, 1.165) is 6.42 Å². The molecule has 2 nitrogen and oxygen atoms in total.